The molecule has 31 heavy (non-hydrogen) atoms. The summed E-state index contributed by atoms with van der Waals surface area (Å²) in [7, 11) is 3.84. The summed E-state index contributed by atoms with van der Waals surface area (Å²) in [5, 5.41) is 3.92. The van der Waals surface area contributed by atoms with Crippen molar-refractivity contribution in [2.24, 2.45) is 0 Å². The van der Waals surface area contributed by atoms with Crippen molar-refractivity contribution in [2.75, 3.05) is 37.5 Å². The molecule has 0 aliphatic carbocycles. The number of likely N-dealkylation sites (N-methyl/N-ethyl adjacent to an activating group) is 1. The minimum atomic E-state index is 0.515. The summed E-state index contributed by atoms with van der Waals surface area (Å²) in [4.78, 5) is 13.7. The predicted molar refractivity (Wildman–Crippen MR) is 125 cm³/mol. The van der Waals surface area contributed by atoms with Crippen LogP contribution >= 0.6 is 11.6 Å². The van der Waals surface area contributed by atoms with E-state index in [9.17, 15) is 0 Å². The summed E-state index contributed by atoms with van der Waals surface area (Å²) in [6, 6.07) is 12.8. The molecule has 0 amide bonds. The van der Waals surface area contributed by atoms with E-state index in [0.29, 0.717) is 11.0 Å². The summed E-state index contributed by atoms with van der Waals surface area (Å²) in [6.45, 7) is 3.65. The molecular formula is C24H26ClN5O. The number of rotatable bonds is 4. The summed E-state index contributed by atoms with van der Waals surface area (Å²) < 4.78 is 5.65. The molecule has 160 valence electrons. The van der Waals surface area contributed by atoms with Gasteiger partial charge in [-0.1, -0.05) is 35.9 Å². The van der Waals surface area contributed by atoms with E-state index >= 15 is 0 Å². The topological polar surface area (TPSA) is 53.5 Å². The van der Waals surface area contributed by atoms with E-state index < -0.39 is 0 Å². The van der Waals surface area contributed by atoms with Crippen LogP contribution in [0.5, 0.6) is 5.75 Å². The molecule has 5 rings (SSSR count). The second kappa shape index (κ2) is 8.36. The van der Waals surface area contributed by atoms with Crippen molar-refractivity contribution >= 4 is 29.1 Å². The summed E-state index contributed by atoms with van der Waals surface area (Å²) in [5.74, 6) is 2.07. The van der Waals surface area contributed by atoms with E-state index in [1.165, 1.54) is 22.3 Å². The maximum atomic E-state index is 6.50. The maximum absolute atomic E-state index is 6.50. The Morgan fingerprint density at radius 2 is 1.81 bits per heavy atom. The van der Waals surface area contributed by atoms with Gasteiger partial charge in [-0.25, -0.2) is 4.98 Å². The van der Waals surface area contributed by atoms with Crippen molar-refractivity contribution in [3.8, 4) is 5.75 Å². The Morgan fingerprint density at radius 1 is 1.00 bits per heavy atom. The molecule has 0 saturated carbocycles. The van der Waals surface area contributed by atoms with Gasteiger partial charge >= 0.3 is 0 Å². The molecule has 2 aliphatic rings. The SMILES string of the molecule is COc1cc2c(cc1Nc1ncc(Cl)c(N3CCc4ccccc4C3)n1)CN(C)CC2. The van der Waals surface area contributed by atoms with Crippen molar-refractivity contribution in [1.82, 2.24) is 14.9 Å². The molecule has 2 aliphatic heterocycles. The summed E-state index contributed by atoms with van der Waals surface area (Å²) >= 11 is 6.50. The van der Waals surface area contributed by atoms with E-state index in [0.717, 1.165) is 56.3 Å². The third kappa shape index (κ3) is 4.05. The normalized spacial score (nSPS) is 15.9. The largest absolute Gasteiger partial charge is 0.495 e. The molecular weight excluding hydrogens is 410 g/mol. The van der Waals surface area contributed by atoms with E-state index in [-0.39, 0.29) is 0 Å². The average Bonchev–Trinajstić information content (AvgIpc) is 2.79. The number of benzene rings is 2. The number of hydrogen-bond donors (Lipinski definition) is 1. The quantitative estimate of drug-likeness (QED) is 0.654. The summed E-state index contributed by atoms with van der Waals surface area (Å²) in [5.41, 5.74) is 6.22. The molecule has 0 radical (unpaired) electrons. The lowest BCUT2D eigenvalue weighted by Crippen LogP contribution is -2.31. The van der Waals surface area contributed by atoms with Crippen molar-refractivity contribution in [3.63, 3.8) is 0 Å². The van der Waals surface area contributed by atoms with Crippen LogP contribution in [0.3, 0.4) is 0 Å². The Bertz CT molecular complexity index is 1120. The van der Waals surface area contributed by atoms with Crippen LogP contribution < -0.4 is 15.0 Å². The second-order valence-corrected chi connectivity index (χ2v) is 8.65. The fourth-order valence-corrected chi connectivity index (χ4v) is 4.64. The molecule has 0 spiro atoms. The Morgan fingerprint density at radius 3 is 2.65 bits per heavy atom. The van der Waals surface area contributed by atoms with Gasteiger partial charge in [0.15, 0.2) is 5.82 Å². The first-order valence-electron chi connectivity index (χ1n) is 10.6. The second-order valence-electron chi connectivity index (χ2n) is 8.24. The molecule has 0 unspecified atom stereocenters. The van der Waals surface area contributed by atoms with E-state index in [1.807, 2.05) is 0 Å². The molecule has 3 heterocycles. The van der Waals surface area contributed by atoms with Gasteiger partial charge in [-0.15, -0.1) is 0 Å². The van der Waals surface area contributed by atoms with Gasteiger partial charge in [0.2, 0.25) is 5.95 Å². The number of nitrogens with zero attached hydrogens (tertiary/aromatic N) is 4. The first-order chi connectivity index (χ1) is 15.1. The fraction of sp³-hybridized carbons (Fsp3) is 0.333. The highest BCUT2D eigenvalue weighted by Crippen LogP contribution is 2.34. The van der Waals surface area contributed by atoms with Crippen molar-refractivity contribution < 1.29 is 4.74 Å². The molecule has 0 bridgehead atoms. The Balaban J connectivity index is 1.43. The number of methoxy groups -OCH3 is 1. The van der Waals surface area contributed by atoms with Crippen molar-refractivity contribution in [2.45, 2.75) is 25.9 Å². The summed E-state index contributed by atoms with van der Waals surface area (Å²) in [6.07, 6.45) is 3.68. The zero-order valence-electron chi connectivity index (χ0n) is 17.9. The zero-order chi connectivity index (χ0) is 21.4. The Hall–Kier alpha value is -2.83. The van der Waals surface area contributed by atoms with Gasteiger partial charge in [-0.05, 0) is 54.3 Å². The number of aromatic nitrogens is 2. The molecule has 0 fully saturated rings. The lowest BCUT2D eigenvalue weighted by Gasteiger charge is -2.30. The van der Waals surface area contributed by atoms with Crippen molar-refractivity contribution in [1.29, 1.82) is 0 Å². The third-order valence-electron chi connectivity index (χ3n) is 6.13. The van der Waals surface area contributed by atoms with Gasteiger partial charge in [0.25, 0.3) is 0 Å². The van der Waals surface area contributed by atoms with Crippen LogP contribution in [0.1, 0.15) is 22.3 Å². The third-order valence-corrected chi connectivity index (χ3v) is 6.39. The average molecular weight is 436 g/mol. The van der Waals surface area contributed by atoms with Crippen LogP contribution in [0.25, 0.3) is 0 Å². The first-order valence-corrected chi connectivity index (χ1v) is 11.0. The predicted octanol–water partition coefficient (Wildman–Crippen LogP) is 4.43. The number of nitrogens with one attached hydrogen (secondary N) is 1. The number of hydrogen-bond acceptors (Lipinski definition) is 6. The van der Waals surface area contributed by atoms with Gasteiger partial charge in [0.05, 0.1) is 19.0 Å². The van der Waals surface area contributed by atoms with Gasteiger partial charge in [-0.3, -0.25) is 0 Å². The zero-order valence-corrected chi connectivity index (χ0v) is 18.6. The lowest BCUT2D eigenvalue weighted by molar-refractivity contribution is 0.312. The Labute approximate surface area is 187 Å². The smallest absolute Gasteiger partial charge is 0.229 e. The standard InChI is InChI=1S/C24H26ClN5O/c1-29-9-7-17-12-22(31-2)21(11-19(17)14-29)27-24-26-13-20(25)23(28-24)30-10-8-16-5-3-4-6-18(16)15-30/h3-6,11-13H,7-10,14-15H2,1-2H3,(H,26,27,28). The van der Waals surface area contributed by atoms with Gasteiger partial charge < -0.3 is 19.9 Å². The van der Waals surface area contributed by atoms with Gasteiger partial charge in [-0.2, -0.15) is 4.98 Å². The van der Waals surface area contributed by atoms with Crippen LogP contribution in [0.2, 0.25) is 5.02 Å². The van der Waals surface area contributed by atoms with Crippen LogP contribution in [0.4, 0.5) is 17.5 Å². The van der Waals surface area contributed by atoms with Crippen molar-refractivity contribution in [3.05, 3.63) is 69.9 Å². The van der Waals surface area contributed by atoms with E-state index in [1.54, 1.807) is 13.3 Å². The van der Waals surface area contributed by atoms with Crippen LogP contribution in [-0.2, 0) is 25.9 Å². The molecule has 1 N–H and O–H groups in total. The highest BCUT2D eigenvalue weighted by Gasteiger charge is 2.21. The van der Waals surface area contributed by atoms with Crippen LogP contribution in [-0.4, -0.2) is 42.1 Å². The molecule has 7 heteroatoms. The highest BCUT2D eigenvalue weighted by atomic mass is 35.5. The molecule has 0 atom stereocenters. The molecule has 0 saturated heterocycles. The van der Waals surface area contributed by atoms with Gasteiger partial charge in [0.1, 0.15) is 10.8 Å². The number of ether oxygens (including phenoxy) is 1. The monoisotopic (exact) mass is 435 g/mol. The number of halogens is 1. The van der Waals surface area contributed by atoms with E-state index in [2.05, 4.69) is 63.5 Å². The first kappa shape index (κ1) is 20.1. The molecule has 1 aromatic heterocycles. The van der Waals surface area contributed by atoms with Crippen LogP contribution in [0, 0.1) is 0 Å². The number of anilines is 3. The molecule has 6 nitrogen and oxygen atoms in total. The fourth-order valence-electron chi connectivity index (χ4n) is 4.43. The minimum Gasteiger partial charge on any atom is -0.495 e. The molecule has 2 aromatic carbocycles. The molecule has 3 aromatic rings. The minimum absolute atomic E-state index is 0.515. The maximum Gasteiger partial charge on any atom is 0.229 e. The lowest BCUT2D eigenvalue weighted by atomic mass is 9.99. The highest BCUT2D eigenvalue weighted by molar-refractivity contribution is 6.32. The number of fused-ring (bicyclic) bond motifs is 2. The van der Waals surface area contributed by atoms with E-state index in [4.69, 9.17) is 21.3 Å². The van der Waals surface area contributed by atoms with Gasteiger partial charge in [0, 0.05) is 26.2 Å². The van der Waals surface area contributed by atoms with Crippen LogP contribution in [0.15, 0.2) is 42.6 Å². The Kier molecular flexibility index (Phi) is 5.42.